The zero-order valence-corrected chi connectivity index (χ0v) is 17.9. The van der Waals surface area contributed by atoms with E-state index in [1.54, 1.807) is 41.9 Å². The molecule has 1 amide bonds. The molecule has 1 saturated heterocycles. The van der Waals surface area contributed by atoms with Crippen molar-refractivity contribution in [3.63, 3.8) is 0 Å². The Balaban J connectivity index is 1.43. The van der Waals surface area contributed by atoms with Gasteiger partial charge in [-0.1, -0.05) is 35.6 Å². The number of thiazole rings is 1. The highest BCUT2D eigenvalue weighted by atomic mass is 32.2. The van der Waals surface area contributed by atoms with Gasteiger partial charge in [-0.05, 0) is 35.4 Å². The molecule has 0 spiro atoms. The van der Waals surface area contributed by atoms with Gasteiger partial charge in [0.15, 0.2) is 5.13 Å². The molecule has 4 rings (SSSR count). The van der Waals surface area contributed by atoms with Gasteiger partial charge in [0.2, 0.25) is 10.0 Å². The molecule has 1 aromatic heterocycles. The number of aromatic nitrogens is 1. The molecule has 2 heterocycles. The second kappa shape index (κ2) is 8.71. The number of anilines is 1. The van der Waals surface area contributed by atoms with Gasteiger partial charge in [-0.15, -0.1) is 0 Å². The van der Waals surface area contributed by atoms with Crippen LogP contribution in [0.1, 0.15) is 9.67 Å². The molecule has 1 aliphatic heterocycles. The highest BCUT2D eigenvalue weighted by molar-refractivity contribution is 7.89. The van der Waals surface area contributed by atoms with Crippen molar-refractivity contribution in [2.24, 2.45) is 0 Å². The van der Waals surface area contributed by atoms with Crippen LogP contribution in [-0.4, -0.2) is 55.0 Å². The van der Waals surface area contributed by atoms with E-state index < -0.39 is 15.9 Å². The van der Waals surface area contributed by atoms with Crippen LogP contribution in [0.25, 0.3) is 11.1 Å². The van der Waals surface area contributed by atoms with E-state index in [0.29, 0.717) is 18.2 Å². The van der Waals surface area contributed by atoms with Crippen LogP contribution in [-0.2, 0) is 10.0 Å². The van der Waals surface area contributed by atoms with Gasteiger partial charge in [0.05, 0.1) is 11.1 Å². The van der Waals surface area contributed by atoms with Crippen molar-refractivity contribution in [1.82, 2.24) is 14.8 Å². The third-order valence-electron chi connectivity index (χ3n) is 5.00. The number of rotatable bonds is 5. The molecule has 2 N–H and O–H groups in total. The van der Waals surface area contributed by atoms with Crippen molar-refractivity contribution in [1.29, 1.82) is 0 Å². The van der Waals surface area contributed by atoms with Gasteiger partial charge in [0, 0.05) is 26.2 Å². The van der Waals surface area contributed by atoms with Crippen LogP contribution in [0, 0.1) is 5.82 Å². The van der Waals surface area contributed by atoms with Gasteiger partial charge >= 0.3 is 0 Å². The van der Waals surface area contributed by atoms with Crippen molar-refractivity contribution < 1.29 is 22.8 Å². The molecule has 162 valence electrons. The predicted molar refractivity (Wildman–Crippen MR) is 114 cm³/mol. The molecule has 31 heavy (non-hydrogen) atoms. The maximum absolute atomic E-state index is 13.1. The fourth-order valence-electron chi connectivity index (χ4n) is 3.30. The summed E-state index contributed by atoms with van der Waals surface area (Å²) in [5.41, 5.74) is 3.17. The van der Waals surface area contributed by atoms with Crippen LogP contribution in [0.4, 0.5) is 9.52 Å². The highest BCUT2D eigenvalue weighted by Crippen LogP contribution is 2.27. The number of nitrogens with zero attached hydrogens (tertiary/aromatic N) is 3. The van der Waals surface area contributed by atoms with Crippen LogP contribution in [0.15, 0.2) is 59.6 Å². The van der Waals surface area contributed by atoms with Gasteiger partial charge in [0.1, 0.15) is 10.7 Å². The summed E-state index contributed by atoms with van der Waals surface area (Å²) in [6.45, 7) is 1.42. The molecule has 0 saturated carbocycles. The Bertz CT molecular complexity index is 1170. The lowest BCUT2D eigenvalue weighted by atomic mass is 10.1. The van der Waals surface area contributed by atoms with Crippen LogP contribution in [0.2, 0.25) is 0 Å². The SMILES string of the molecule is O=C(NO)c1cnc(N2CCN(S(=O)(=O)c3ccc(-c4ccc(F)cc4)cc3)CC2)s1. The monoisotopic (exact) mass is 462 g/mol. The lowest BCUT2D eigenvalue weighted by Gasteiger charge is -2.33. The molecule has 1 fully saturated rings. The Labute approximate surface area is 182 Å². The van der Waals surface area contributed by atoms with Crippen LogP contribution < -0.4 is 10.4 Å². The van der Waals surface area contributed by atoms with Crippen molar-refractivity contribution in [3.05, 3.63) is 65.4 Å². The number of sulfonamides is 1. The molecule has 11 heteroatoms. The zero-order valence-electron chi connectivity index (χ0n) is 16.2. The predicted octanol–water partition coefficient (Wildman–Crippen LogP) is 2.58. The summed E-state index contributed by atoms with van der Waals surface area (Å²) >= 11 is 1.13. The number of halogens is 1. The average molecular weight is 463 g/mol. The van der Waals surface area contributed by atoms with Gasteiger partial charge in [-0.2, -0.15) is 4.31 Å². The summed E-state index contributed by atoms with van der Waals surface area (Å²) in [6.07, 6.45) is 1.37. The number of piperazine rings is 1. The fraction of sp³-hybridized carbons (Fsp3) is 0.200. The van der Waals surface area contributed by atoms with Crippen LogP contribution in [0.3, 0.4) is 0 Å². The maximum atomic E-state index is 13.1. The minimum absolute atomic E-state index is 0.197. The molecule has 8 nitrogen and oxygen atoms in total. The molecule has 0 atom stereocenters. The first kappa shape index (κ1) is 21.4. The first-order valence-electron chi connectivity index (χ1n) is 9.40. The van der Waals surface area contributed by atoms with Crippen molar-refractivity contribution in [2.75, 3.05) is 31.1 Å². The van der Waals surface area contributed by atoms with E-state index >= 15 is 0 Å². The summed E-state index contributed by atoms with van der Waals surface area (Å²) in [5, 5.41) is 9.31. The Morgan fingerprint density at radius 1 is 1.00 bits per heavy atom. The largest absolute Gasteiger partial charge is 0.345 e. The van der Waals surface area contributed by atoms with Crippen molar-refractivity contribution in [3.8, 4) is 11.1 Å². The Kier molecular flexibility index (Phi) is 6.01. The quantitative estimate of drug-likeness (QED) is 0.446. The number of benzene rings is 2. The van der Waals surface area contributed by atoms with E-state index in [-0.39, 0.29) is 28.7 Å². The highest BCUT2D eigenvalue weighted by Gasteiger charge is 2.29. The minimum Gasteiger partial charge on any atom is -0.345 e. The Hall–Kier alpha value is -2.86. The summed E-state index contributed by atoms with van der Waals surface area (Å²) in [4.78, 5) is 18.0. The number of carbonyl (C=O) groups is 1. The van der Waals surface area contributed by atoms with E-state index in [2.05, 4.69) is 4.98 Å². The second-order valence-corrected chi connectivity index (χ2v) is 9.82. The molecule has 0 bridgehead atoms. The number of hydroxylamine groups is 1. The zero-order chi connectivity index (χ0) is 22.0. The molecule has 1 aliphatic rings. The summed E-state index contributed by atoms with van der Waals surface area (Å²) in [7, 11) is -3.65. The van der Waals surface area contributed by atoms with Gasteiger partial charge in [0.25, 0.3) is 5.91 Å². The fourth-order valence-corrected chi connectivity index (χ4v) is 5.58. The number of hydrogen-bond acceptors (Lipinski definition) is 7. The average Bonchev–Trinajstić information content (AvgIpc) is 3.30. The third-order valence-corrected chi connectivity index (χ3v) is 7.97. The van der Waals surface area contributed by atoms with Gasteiger partial charge < -0.3 is 4.90 Å². The minimum atomic E-state index is -3.65. The van der Waals surface area contributed by atoms with E-state index in [4.69, 9.17) is 5.21 Å². The Morgan fingerprint density at radius 2 is 1.58 bits per heavy atom. The molecule has 2 aromatic carbocycles. The van der Waals surface area contributed by atoms with Crippen molar-refractivity contribution in [2.45, 2.75) is 4.90 Å². The number of carbonyl (C=O) groups excluding carboxylic acids is 1. The number of nitrogens with one attached hydrogen (secondary N) is 1. The van der Waals surface area contributed by atoms with E-state index in [9.17, 15) is 17.6 Å². The second-order valence-electron chi connectivity index (χ2n) is 6.87. The van der Waals surface area contributed by atoms with Crippen LogP contribution in [0.5, 0.6) is 0 Å². The van der Waals surface area contributed by atoms with E-state index in [1.165, 1.54) is 22.6 Å². The van der Waals surface area contributed by atoms with E-state index in [0.717, 1.165) is 22.5 Å². The van der Waals surface area contributed by atoms with Gasteiger partial charge in [-0.25, -0.2) is 23.3 Å². The molecular formula is C20H19FN4O4S2. The van der Waals surface area contributed by atoms with E-state index in [1.807, 2.05) is 4.90 Å². The number of hydrogen-bond donors (Lipinski definition) is 2. The summed E-state index contributed by atoms with van der Waals surface area (Å²) < 4.78 is 40.6. The first-order valence-corrected chi connectivity index (χ1v) is 11.7. The molecule has 3 aromatic rings. The normalized spacial score (nSPS) is 15.1. The topological polar surface area (TPSA) is 103 Å². The molecule has 0 radical (unpaired) electrons. The van der Waals surface area contributed by atoms with Gasteiger partial charge in [-0.3, -0.25) is 10.0 Å². The Morgan fingerprint density at radius 3 is 2.16 bits per heavy atom. The summed E-state index contributed by atoms with van der Waals surface area (Å²) in [6, 6.07) is 12.5. The number of amides is 1. The first-order chi connectivity index (χ1) is 14.9. The van der Waals surface area contributed by atoms with Crippen LogP contribution >= 0.6 is 11.3 Å². The maximum Gasteiger partial charge on any atom is 0.286 e. The molecule has 0 aliphatic carbocycles. The van der Waals surface area contributed by atoms with Crippen molar-refractivity contribution >= 4 is 32.4 Å². The standard InChI is InChI=1S/C20H19FN4O4S2/c21-16-5-1-14(2-6-16)15-3-7-17(8-4-15)31(28,29)25-11-9-24(10-12-25)20-22-13-18(30-20)19(26)23-27/h1-8,13,27H,9-12H2,(H,23,26). The molecular weight excluding hydrogens is 443 g/mol. The third kappa shape index (κ3) is 4.44. The molecule has 0 unspecified atom stereocenters. The smallest absolute Gasteiger partial charge is 0.286 e. The summed E-state index contributed by atoms with van der Waals surface area (Å²) in [5.74, 6) is -0.957. The lowest BCUT2D eigenvalue weighted by molar-refractivity contribution is 0.0710. The lowest BCUT2D eigenvalue weighted by Crippen LogP contribution is -2.48.